The second-order valence-corrected chi connectivity index (χ2v) is 3.36. The standard InChI is InChI=1S/C9H19NO2.ClH/c1-10(2)8-6-4-3-5-7-9(11)12;/h3-8H2,1-2H3,(H,11,12);1H. The van der Waals surface area contributed by atoms with Crippen LogP contribution in [0.15, 0.2) is 0 Å². The van der Waals surface area contributed by atoms with Crippen LogP contribution in [0.25, 0.3) is 0 Å². The molecule has 0 unspecified atom stereocenters. The molecule has 0 aromatic heterocycles. The van der Waals surface area contributed by atoms with Crippen molar-refractivity contribution in [1.82, 2.24) is 4.90 Å². The largest absolute Gasteiger partial charge is 0.481 e. The van der Waals surface area contributed by atoms with Crippen LogP contribution in [-0.4, -0.2) is 36.6 Å². The summed E-state index contributed by atoms with van der Waals surface area (Å²) in [7, 11) is 4.11. The van der Waals surface area contributed by atoms with Crippen molar-refractivity contribution in [2.75, 3.05) is 20.6 Å². The third kappa shape index (κ3) is 14.6. The van der Waals surface area contributed by atoms with Gasteiger partial charge in [0, 0.05) is 6.42 Å². The molecule has 0 aromatic rings. The van der Waals surface area contributed by atoms with Crippen molar-refractivity contribution in [3.63, 3.8) is 0 Å². The highest BCUT2D eigenvalue weighted by atomic mass is 35.5. The molecule has 0 saturated carbocycles. The Balaban J connectivity index is 0. The van der Waals surface area contributed by atoms with E-state index in [1.165, 1.54) is 6.42 Å². The average Bonchev–Trinajstić information content (AvgIpc) is 1.95. The van der Waals surface area contributed by atoms with E-state index in [2.05, 4.69) is 19.0 Å². The molecule has 0 atom stereocenters. The fourth-order valence-electron chi connectivity index (χ4n) is 1.06. The molecule has 0 fully saturated rings. The summed E-state index contributed by atoms with van der Waals surface area (Å²) in [6.45, 7) is 1.10. The minimum Gasteiger partial charge on any atom is -0.481 e. The van der Waals surface area contributed by atoms with Crippen molar-refractivity contribution >= 4 is 18.4 Å². The Labute approximate surface area is 86.5 Å². The monoisotopic (exact) mass is 209 g/mol. The van der Waals surface area contributed by atoms with Crippen molar-refractivity contribution < 1.29 is 9.90 Å². The molecular weight excluding hydrogens is 190 g/mol. The number of nitrogens with zero attached hydrogens (tertiary/aromatic N) is 1. The SMILES string of the molecule is CN(C)CCCCCCC(=O)O.Cl. The van der Waals surface area contributed by atoms with E-state index in [0.29, 0.717) is 6.42 Å². The van der Waals surface area contributed by atoms with Gasteiger partial charge in [-0.15, -0.1) is 12.4 Å². The lowest BCUT2D eigenvalue weighted by Gasteiger charge is -2.07. The molecule has 0 saturated heterocycles. The van der Waals surface area contributed by atoms with Crippen LogP contribution in [0, 0.1) is 0 Å². The molecule has 80 valence electrons. The van der Waals surface area contributed by atoms with Gasteiger partial charge in [0.1, 0.15) is 0 Å². The maximum absolute atomic E-state index is 10.1. The summed E-state index contributed by atoms with van der Waals surface area (Å²) >= 11 is 0. The summed E-state index contributed by atoms with van der Waals surface area (Å²) in [6, 6.07) is 0. The summed E-state index contributed by atoms with van der Waals surface area (Å²) in [4.78, 5) is 12.3. The van der Waals surface area contributed by atoms with Crippen molar-refractivity contribution in [3.05, 3.63) is 0 Å². The van der Waals surface area contributed by atoms with E-state index in [1.54, 1.807) is 0 Å². The van der Waals surface area contributed by atoms with Crippen LogP contribution in [0.3, 0.4) is 0 Å². The van der Waals surface area contributed by atoms with Gasteiger partial charge in [0.15, 0.2) is 0 Å². The minimum absolute atomic E-state index is 0. The van der Waals surface area contributed by atoms with Gasteiger partial charge >= 0.3 is 5.97 Å². The van der Waals surface area contributed by atoms with Gasteiger partial charge in [0.2, 0.25) is 0 Å². The van der Waals surface area contributed by atoms with Crippen molar-refractivity contribution in [3.8, 4) is 0 Å². The molecule has 0 rings (SSSR count). The second-order valence-electron chi connectivity index (χ2n) is 3.36. The molecule has 0 aliphatic heterocycles. The molecule has 0 radical (unpaired) electrons. The van der Waals surface area contributed by atoms with E-state index in [4.69, 9.17) is 5.11 Å². The third-order valence-electron chi connectivity index (χ3n) is 1.75. The molecule has 13 heavy (non-hydrogen) atoms. The Morgan fingerprint density at radius 2 is 1.69 bits per heavy atom. The van der Waals surface area contributed by atoms with Crippen LogP contribution in [-0.2, 0) is 4.79 Å². The van der Waals surface area contributed by atoms with Crippen LogP contribution in [0.5, 0.6) is 0 Å². The van der Waals surface area contributed by atoms with Crippen molar-refractivity contribution in [2.24, 2.45) is 0 Å². The number of halogens is 1. The number of carboxylic acids is 1. The summed E-state index contributed by atoms with van der Waals surface area (Å²) in [6.07, 6.45) is 4.50. The Morgan fingerprint density at radius 1 is 1.15 bits per heavy atom. The Hall–Kier alpha value is -0.280. The average molecular weight is 210 g/mol. The Morgan fingerprint density at radius 3 is 2.15 bits per heavy atom. The second kappa shape index (κ2) is 9.81. The summed E-state index contributed by atoms with van der Waals surface area (Å²) in [5, 5.41) is 8.35. The molecule has 4 heteroatoms. The zero-order valence-corrected chi connectivity index (χ0v) is 9.27. The lowest BCUT2D eigenvalue weighted by Crippen LogP contribution is -2.12. The van der Waals surface area contributed by atoms with Crippen LogP contribution in [0.4, 0.5) is 0 Å². The van der Waals surface area contributed by atoms with E-state index < -0.39 is 5.97 Å². The Bertz CT molecular complexity index is 129. The predicted molar refractivity (Wildman–Crippen MR) is 56.5 cm³/mol. The molecule has 3 nitrogen and oxygen atoms in total. The molecule has 0 aromatic carbocycles. The zero-order valence-electron chi connectivity index (χ0n) is 8.45. The Kier molecular flexibility index (Phi) is 11.5. The first-order valence-electron chi connectivity index (χ1n) is 4.49. The molecule has 0 heterocycles. The number of unbranched alkanes of at least 4 members (excludes halogenated alkanes) is 3. The van der Waals surface area contributed by atoms with E-state index in [-0.39, 0.29) is 12.4 Å². The fraction of sp³-hybridized carbons (Fsp3) is 0.889. The first kappa shape index (κ1) is 15.2. The van der Waals surface area contributed by atoms with Crippen LogP contribution in [0.1, 0.15) is 32.1 Å². The summed E-state index contributed by atoms with van der Waals surface area (Å²) in [5.41, 5.74) is 0. The van der Waals surface area contributed by atoms with Crippen molar-refractivity contribution in [1.29, 1.82) is 0 Å². The number of carboxylic acid groups (broad SMARTS) is 1. The van der Waals surface area contributed by atoms with Gasteiger partial charge in [-0.25, -0.2) is 0 Å². The van der Waals surface area contributed by atoms with Gasteiger partial charge in [-0.1, -0.05) is 12.8 Å². The highest BCUT2D eigenvalue weighted by Crippen LogP contribution is 2.02. The van der Waals surface area contributed by atoms with Crippen LogP contribution in [0.2, 0.25) is 0 Å². The number of hydrogen-bond donors (Lipinski definition) is 1. The maximum atomic E-state index is 10.1. The first-order valence-corrected chi connectivity index (χ1v) is 4.49. The molecule has 1 N–H and O–H groups in total. The summed E-state index contributed by atoms with van der Waals surface area (Å²) in [5.74, 6) is -0.678. The number of hydrogen-bond acceptors (Lipinski definition) is 2. The molecule has 0 aliphatic rings. The molecule has 0 spiro atoms. The topological polar surface area (TPSA) is 40.5 Å². The lowest BCUT2D eigenvalue weighted by atomic mass is 10.1. The van der Waals surface area contributed by atoms with Gasteiger partial charge in [-0.05, 0) is 33.5 Å². The van der Waals surface area contributed by atoms with Crippen molar-refractivity contribution in [2.45, 2.75) is 32.1 Å². The van der Waals surface area contributed by atoms with Crippen LogP contribution < -0.4 is 0 Å². The number of rotatable bonds is 7. The molecule has 0 aliphatic carbocycles. The van der Waals surface area contributed by atoms with E-state index >= 15 is 0 Å². The molecular formula is C9H20ClNO2. The predicted octanol–water partition coefficient (Wildman–Crippen LogP) is 2.00. The van der Waals surface area contributed by atoms with Gasteiger partial charge < -0.3 is 10.0 Å². The molecule has 0 amide bonds. The van der Waals surface area contributed by atoms with E-state index in [9.17, 15) is 4.79 Å². The highest BCUT2D eigenvalue weighted by Gasteiger charge is 1.96. The van der Waals surface area contributed by atoms with Crippen LogP contribution >= 0.6 is 12.4 Å². The smallest absolute Gasteiger partial charge is 0.303 e. The summed E-state index contributed by atoms with van der Waals surface area (Å²) < 4.78 is 0. The first-order chi connectivity index (χ1) is 5.63. The highest BCUT2D eigenvalue weighted by molar-refractivity contribution is 5.85. The van der Waals surface area contributed by atoms with Gasteiger partial charge in [0.05, 0.1) is 0 Å². The van der Waals surface area contributed by atoms with E-state index in [1.807, 2.05) is 0 Å². The normalized spacial score (nSPS) is 9.77. The van der Waals surface area contributed by atoms with E-state index in [0.717, 1.165) is 25.8 Å². The van der Waals surface area contributed by atoms with Gasteiger partial charge in [-0.3, -0.25) is 4.79 Å². The molecule has 0 bridgehead atoms. The number of aliphatic carboxylic acids is 1. The van der Waals surface area contributed by atoms with Gasteiger partial charge in [0.25, 0.3) is 0 Å². The zero-order chi connectivity index (χ0) is 9.40. The number of carbonyl (C=O) groups is 1. The minimum atomic E-state index is -0.678. The fourth-order valence-corrected chi connectivity index (χ4v) is 1.06. The van der Waals surface area contributed by atoms with Gasteiger partial charge in [-0.2, -0.15) is 0 Å². The lowest BCUT2D eigenvalue weighted by molar-refractivity contribution is -0.137. The quantitative estimate of drug-likeness (QED) is 0.653. The third-order valence-corrected chi connectivity index (χ3v) is 1.75. The maximum Gasteiger partial charge on any atom is 0.303 e.